The molecule has 0 N–H and O–H groups in total. The molecule has 120 valence electrons. The first-order chi connectivity index (χ1) is 11.2. The van der Waals surface area contributed by atoms with Crippen molar-refractivity contribution in [1.82, 2.24) is 9.47 Å². The monoisotopic (exact) mass is 311 g/mol. The molecule has 1 fully saturated rings. The highest BCUT2D eigenvalue weighted by Gasteiger charge is 2.27. The molecule has 5 nitrogen and oxygen atoms in total. The van der Waals surface area contributed by atoms with E-state index in [9.17, 15) is 0 Å². The third-order valence-corrected chi connectivity index (χ3v) is 4.35. The number of rotatable bonds is 4. The van der Waals surface area contributed by atoms with Crippen LogP contribution in [0.3, 0.4) is 0 Å². The zero-order chi connectivity index (χ0) is 16.2. The van der Waals surface area contributed by atoms with Gasteiger partial charge in [-0.05, 0) is 24.3 Å². The van der Waals surface area contributed by atoms with Crippen molar-refractivity contribution in [3.63, 3.8) is 0 Å². The number of hydrogen-bond donors (Lipinski definition) is 0. The maximum absolute atomic E-state index is 9.03. The Labute approximate surface area is 136 Å². The van der Waals surface area contributed by atoms with E-state index >= 15 is 0 Å². The van der Waals surface area contributed by atoms with E-state index in [2.05, 4.69) is 40.9 Å². The van der Waals surface area contributed by atoms with Gasteiger partial charge in [0.05, 0.1) is 38.0 Å². The van der Waals surface area contributed by atoms with Crippen molar-refractivity contribution < 1.29 is 9.47 Å². The van der Waals surface area contributed by atoms with Gasteiger partial charge in [0.15, 0.2) is 0 Å². The van der Waals surface area contributed by atoms with Crippen LogP contribution in [-0.4, -0.2) is 36.3 Å². The van der Waals surface area contributed by atoms with Gasteiger partial charge in [0, 0.05) is 37.6 Å². The van der Waals surface area contributed by atoms with Crippen molar-refractivity contribution in [1.29, 1.82) is 5.26 Å². The quantitative estimate of drug-likeness (QED) is 0.870. The summed E-state index contributed by atoms with van der Waals surface area (Å²) in [5.41, 5.74) is 2.96. The Hall–Kier alpha value is -2.29. The Bertz CT molecular complexity index is 717. The van der Waals surface area contributed by atoms with E-state index in [0.717, 1.165) is 31.0 Å². The van der Waals surface area contributed by atoms with Crippen LogP contribution in [0, 0.1) is 11.3 Å². The van der Waals surface area contributed by atoms with Crippen molar-refractivity contribution in [3.05, 3.63) is 53.3 Å². The summed E-state index contributed by atoms with van der Waals surface area (Å²) in [6.07, 6.45) is 2.06. The van der Waals surface area contributed by atoms with Crippen LogP contribution in [0.1, 0.15) is 22.9 Å². The van der Waals surface area contributed by atoms with Crippen LogP contribution in [0.5, 0.6) is 5.75 Å². The summed E-state index contributed by atoms with van der Waals surface area (Å²) in [6, 6.07) is 12.2. The lowest BCUT2D eigenvalue weighted by Gasteiger charge is -2.36. The predicted molar refractivity (Wildman–Crippen MR) is 87.1 cm³/mol. The Balaban J connectivity index is 1.85. The number of hydrogen-bond acceptors (Lipinski definition) is 4. The van der Waals surface area contributed by atoms with Gasteiger partial charge >= 0.3 is 0 Å². The molecule has 0 aliphatic carbocycles. The van der Waals surface area contributed by atoms with Crippen molar-refractivity contribution in [2.24, 2.45) is 7.05 Å². The van der Waals surface area contributed by atoms with E-state index in [1.807, 2.05) is 12.1 Å². The highest BCUT2D eigenvalue weighted by Crippen LogP contribution is 2.29. The van der Waals surface area contributed by atoms with Gasteiger partial charge in [0.2, 0.25) is 0 Å². The SMILES string of the molecule is COc1cc(C#N)ccc1CN1CCOC[C@H]1c1cccn1C. The molecule has 1 saturated heterocycles. The molecule has 3 rings (SSSR count). The minimum Gasteiger partial charge on any atom is -0.496 e. The van der Waals surface area contributed by atoms with Gasteiger partial charge in [0.25, 0.3) is 0 Å². The second kappa shape index (κ2) is 6.86. The molecule has 2 aromatic rings. The minimum absolute atomic E-state index is 0.226. The van der Waals surface area contributed by atoms with E-state index in [1.165, 1.54) is 5.69 Å². The van der Waals surface area contributed by atoms with Gasteiger partial charge in [-0.15, -0.1) is 0 Å². The third-order valence-electron chi connectivity index (χ3n) is 4.35. The fraction of sp³-hybridized carbons (Fsp3) is 0.389. The first-order valence-electron chi connectivity index (χ1n) is 7.73. The van der Waals surface area contributed by atoms with Crippen LogP contribution < -0.4 is 4.74 Å². The normalized spacial score (nSPS) is 18.6. The number of nitrogens with zero attached hydrogens (tertiary/aromatic N) is 3. The average molecular weight is 311 g/mol. The van der Waals surface area contributed by atoms with Gasteiger partial charge in [-0.25, -0.2) is 0 Å². The lowest BCUT2D eigenvalue weighted by molar-refractivity contribution is -0.0154. The third kappa shape index (κ3) is 3.24. The maximum atomic E-state index is 9.03. The fourth-order valence-corrected chi connectivity index (χ4v) is 3.08. The molecule has 1 aliphatic heterocycles. The maximum Gasteiger partial charge on any atom is 0.124 e. The van der Waals surface area contributed by atoms with E-state index in [-0.39, 0.29) is 6.04 Å². The number of ether oxygens (including phenoxy) is 2. The largest absolute Gasteiger partial charge is 0.496 e. The van der Waals surface area contributed by atoms with Gasteiger partial charge in [-0.1, -0.05) is 6.07 Å². The predicted octanol–water partition coefficient (Wildman–Crippen LogP) is 2.48. The summed E-state index contributed by atoms with van der Waals surface area (Å²) in [7, 11) is 3.71. The fourth-order valence-electron chi connectivity index (χ4n) is 3.08. The second-order valence-electron chi connectivity index (χ2n) is 5.74. The molecule has 0 saturated carbocycles. The number of benzene rings is 1. The first-order valence-corrected chi connectivity index (χ1v) is 7.73. The van der Waals surface area contributed by atoms with Gasteiger partial charge in [-0.3, -0.25) is 4.90 Å². The molecule has 23 heavy (non-hydrogen) atoms. The topological polar surface area (TPSA) is 50.4 Å². The summed E-state index contributed by atoms with van der Waals surface area (Å²) in [4.78, 5) is 2.41. The summed E-state index contributed by atoms with van der Waals surface area (Å²) >= 11 is 0. The summed E-state index contributed by atoms with van der Waals surface area (Å²) in [6.45, 7) is 3.07. The number of aryl methyl sites for hydroxylation is 1. The Morgan fingerprint density at radius 1 is 1.39 bits per heavy atom. The van der Waals surface area contributed by atoms with Crippen LogP contribution in [0.25, 0.3) is 0 Å². The molecule has 0 bridgehead atoms. The molecule has 1 aromatic carbocycles. The molecule has 1 aromatic heterocycles. The zero-order valence-electron chi connectivity index (χ0n) is 13.5. The molecular weight excluding hydrogens is 290 g/mol. The molecule has 0 amide bonds. The smallest absolute Gasteiger partial charge is 0.124 e. The molecular formula is C18H21N3O2. The van der Waals surface area contributed by atoms with Crippen LogP contribution in [0.4, 0.5) is 0 Å². The van der Waals surface area contributed by atoms with Crippen molar-refractivity contribution >= 4 is 0 Å². The van der Waals surface area contributed by atoms with Crippen molar-refractivity contribution in [2.45, 2.75) is 12.6 Å². The van der Waals surface area contributed by atoms with Gasteiger partial charge in [0.1, 0.15) is 5.75 Å². The second-order valence-corrected chi connectivity index (χ2v) is 5.74. The van der Waals surface area contributed by atoms with Crippen LogP contribution in [0.2, 0.25) is 0 Å². The summed E-state index contributed by atoms with van der Waals surface area (Å²) in [5, 5.41) is 9.03. The first kappa shape index (κ1) is 15.6. The van der Waals surface area contributed by atoms with Gasteiger partial charge in [-0.2, -0.15) is 5.26 Å². The minimum atomic E-state index is 0.226. The standard InChI is InChI=1S/C18H21N3O2/c1-20-7-3-4-16(20)17-13-23-9-8-21(17)12-15-6-5-14(11-19)10-18(15)22-2/h3-7,10,17H,8-9,12-13H2,1-2H3/t17-/m0/s1. The average Bonchev–Trinajstić information content (AvgIpc) is 3.01. The molecule has 0 radical (unpaired) electrons. The van der Waals surface area contributed by atoms with Gasteiger partial charge < -0.3 is 14.0 Å². The molecule has 0 unspecified atom stereocenters. The van der Waals surface area contributed by atoms with E-state index < -0.39 is 0 Å². The molecule has 1 aliphatic rings. The molecule has 2 heterocycles. The van der Waals surface area contributed by atoms with E-state index in [4.69, 9.17) is 14.7 Å². The lowest BCUT2D eigenvalue weighted by atomic mass is 10.1. The molecule has 5 heteroatoms. The number of morpholine rings is 1. The zero-order valence-corrected chi connectivity index (χ0v) is 13.5. The summed E-state index contributed by atoms with van der Waals surface area (Å²) in [5.74, 6) is 0.765. The Morgan fingerprint density at radius 3 is 2.96 bits per heavy atom. The number of methoxy groups -OCH3 is 1. The highest BCUT2D eigenvalue weighted by atomic mass is 16.5. The number of aromatic nitrogens is 1. The van der Waals surface area contributed by atoms with E-state index in [0.29, 0.717) is 12.2 Å². The van der Waals surface area contributed by atoms with Crippen LogP contribution in [0.15, 0.2) is 36.5 Å². The highest BCUT2D eigenvalue weighted by molar-refractivity contribution is 5.42. The Morgan fingerprint density at radius 2 is 2.26 bits per heavy atom. The van der Waals surface area contributed by atoms with Crippen LogP contribution >= 0.6 is 0 Å². The van der Waals surface area contributed by atoms with Crippen molar-refractivity contribution in [2.75, 3.05) is 26.9 Å². The van der Waals surface area contributed by atoms with E-state index in [1.54, 1.807) is 13.2 Å². The van der Waals surface area contributed by atoms with Crippen molar-refractivity contribution in [3.8, 4) is 11.8 Å². The lowest BCUT2D eigenvalue weighted by Crippen LogP contribution is -2.39. The number of nitriles is 1. The summed E-state index contributed by atoms with van der Waals surface area (Å²) < 4.78 is 13.3. The Kier molecular flexibility index (Phi) is 4.65. The molecule has 1 atom stereocenters. The van der Waals surface area contributed by atoms with Crippen LogP contribution in [-0.2, 0) is 18.3 Å². The molecule has 0 spiro atoms.